The van der Waals surface area contributed by atoms with E-state index in [0.717, 1.165) is 40.4 Å². The van der Waals surface area contributed by atoms with Crippen molar-refractivity contribution in [3.63, 3.8) is 0 Å². The lowest BCUT2D eigenvalue weighted by Crippen LogP contribution is -2.28. The molecule has 5 rings (SSSR count). The van der Waals surface area contributed by atoms with Gasteiger partial charge in [0.2, 0.25) is 0 Å². The number of nitrogens with zero attached hydrogens (tertiary/aromatic N) is 4. The molecular weight excluding hydrogens is 417 g/mol. The van der Waals surface area contributed by atoms with Crippen molar-refractivity contribution in [3.8, 4) is 0 Å². The van der Waals surface area contributed by atoms with Crippen LogP contribution in [0.3, 0.4) is 0 Å². The molecule has 4 aromatic rings. The maximum atomic E-state index is 13.5. The Bertz CT molecular complexity index is 1360. The zero-order valence-corrected chi connectivity index (χ0v) is 19.0. The lowest BCUT2D eigenvalue weighted by molar-refractivity contribution is 0.0791. The third-order valence-electron chi connectivity index (χ3n) is 6.33. The van der Waals surface area contributed by atoms with Crippen molar-refractivity contribution in [3.05, 3.63) is 83.2 Å². The van der Waals surface area contributed by atoms with Crippen LogP contribution in [0.15, 0.2) is 54.6 Å². The fourth-order valence-electron chi connectivity index (χ4n) is 4.53. The van der Waals surface area contributed by atoms with Gasteiger partial charge < -0.3 is 14.8 Å². The Morgan fingerprint density at radius 1 is 1.06 bits per heavy atom. The zero-order chi connectivity index (χ0) is 23.1. The van der Waals surface area contributed by atoms with Crippen LogP contribution >= 0.6 is 0 Å². The molecule has 33 heavy (non-hydrogen) atoms. The summed E-state index contributed by atoms with van der Waals surface area (Å²) in [5.41, 5.74) is 5.90. The van der Waals surface area contributed by atoms with Gasteiger partial charge in [-0.2, -0.15) is 0 Å². The number of pyridine rings is 1. The molecule has 1 fully saturated rings. The number of halogens is 1. The third kappa shape index (κ3) is 4.18. The van der Waals surface area contributed by atoms with Gasteiger partial charge in [0.1, 0.15) is 11.6 Å². The summed E-state index contributed by atoms with van der Waals surface area (Å²) in [6.45, 7) is 5.21. The highest BCUT2D eigenvalue weighted by Gasteiger charge is 2.29. The minimum absolute atomic E-state index is 0.0217. The smallest absolute Gasteiger partial charge is 0.253 e. The Labute approximate surface area is 192 Å². The molecule has 6 nitrogen and oxygen atoms in total. The van der Waals surface area contributed by atoms with E-state index in [-0.39, 0.29) is 17.6 Å². The van der Waals surface area contributed by atoms with Crippen LogP contribution in [0.1, 0.15) is 39.9 Å². The number of anilines is 2. The predicted molar refractivity (Wildman–Crippen MR) is 127 cm³/mol. The molecule has 0 bridgehead atoms. The number of benzene rings is 2. The topological polar surface area (TPSA) is 63.1 Å². The second-order valence-corrected chi connectivity index (χ2v) is 8.72. The SMILES string of the molecule is Cc1cc(Nc2cccc(F)c2)cc([C@H]2CCN(C(=O)c3ccc4c(c3)nc(C)n4C)C2)n1. The maximum absolute atomic E-state index is 13.5. The summed E-state index contributed by atoms with van der Waals surface area (Å²) in [5.74, 6) is 0.815. The molecule has 0 aliphatic carbocycles. The molecule has 2 aromatic heterocycles. The molecule has 1 saturated heterocycles. The molecule has 0 spiro atoms. The lowest BCUT2D eigenvalue weighted by Gasteiger charge is -2.17. The lowest BCUT2D eigenvalue weighted by atomic mass is 10.0. The van der Waals surface area contributed by atoms with Crippen LogP contribution in [0.4, 0.5) is 15.8 Å². The monoisotopic (exact) mass is 443 g/mol. The van der Waals surface area contributed by atoms with Gasteiger partial charge in [-0.05, 0) is 68.8 Å². The molecule has 168 valence electrons. The van der Waals surface area contributed by atoms with E-state index in [4.69, 9.17) is 4.98 Å². The Morgan fingerprint density at radius 3 is 2.73 bits per heavy atom. The van der Waals surface area contributed by atoms with E-state index < -0.39 is 0 Å². The standard InChI is InChI=1S/C26H26FN5O/c1-16-11-22(30-21-6-4-5-20(27)13-21)14-23(28-16)19-9-10-32(15-19)26(33)18-7-8-25-24(12-18)29-17(2)31(25)3/h4-8,11-14,19H,9-10,15H2,1-3H3,(H,28,30)/t19-/m0/s1. The number of amides is 1. The number of imidazole rings is 1. The largest absolute Gasteiger partial charge is 0.355 e. The summed E-state index contributed by atoms with van der Waals surface area (Å²) >= 11 is 0. The second-order valence-electron chi connectivity index (χ2n) is 8.72. The highest BCUT2D eigenvalue weighted by Crippen LogP contribution is 2.30. The molecule has 1 aliphatic rings. The minimum Gasteiger partial charge on any atom is -0.355 e. The van der Waals surface area contributed by atoms with Gasteiger partial charge in [0.15, 0.2) is 0 Å². The Balaban J connectivity index is 1.33. The van der Waals surface area contributed by atoms with Crippen LogP contribution in [-0.2, 0) is 7.05 Å². The number of rotatable bonds is 4. The van der Waals surface area contributed by atoms with Gasteiger partial charge in [-0.1, -0.05) is 6.07 Å². The van der Waals surface area contributed by atoms with Crippen molar-refractivity contribution < 1.29 is 9.18 Å². The second kappa shape index (κ2) is 8.31. The minimum atomic E-state index is -0.282. The number of likely N-dealkylation sites (tertiary alicyclic amines) is 1. The normalized spacial score (nSPS) is 15.9. The average Bonchev–Trinajstić information content (AvgIpc) is 3.38. The van der Waals surface area contributed by atoms with Crippen LogP contribution in [0.25, 0.3) is 11.0 Å². The highest BCUT2D eigenvalue weighted by molar-refractivity contribution is 5.97. The number of fused-ring (bicyclic) bond motifs is 1. The van der Waals surface area contributed by atoms with Crippen molar-refractivity contribution in [2.75, 3.05) is 18.4 Å². The molecule has 0 radical (unpaired) electrons. The Morgan fingerprint density at radius 2 is 1.91 bits per heavy atom. The van der Waals surface area contributed by atoms with E-state index in [9.17, 15) is 9.18 Å². The first kappa shape index (κ1) is 21.1. The number of nitrogens with one attached hydrogen (secondary N) is 1. The molecule has 1 N–H and O–H groups in total. The molecule has 0 unspecified atom stereocenters. The van der Waals surface area contributed by atoms with E-state index in [1.54, 1.807) is 6.07 Å². The average molecular weight is 444 g/mol. The van der Waals surface area contributed by atoms with E-state index in [0.29, 0.717) is 24.3 Å². The Kier molecular flexibility index (Phi) is 5.32. The van der Waals surface area contributed by atoms with E-state index in [1.807, 2.05) is 66.8 Å². The molecule has 3 heterocycles. The van der Waals surface area contributed by atoms with Crippen LogP contribution in [-0.4, -0.2) is 38.4 Å². The molecule has 2 aromatic carbocycles. The predicted octanol–water partition coefficient (Wildman–Crippen LogP) is 5.10. The molecule has 7 heteroatoms. The van der Waals surface area contributed by atoms with E-state index in [1.165, 1.54) is 12.1 Å². The van der Waals surface area contributed by atoms with Crippen molar-refractivity contribution >= 4 is 28.3 Å². The summed E-state index contributed by atoms with van der Waals surface area (Å²) in [6.07, 6.45) is 0.854. The number of hydrogen-bond donors (Lipinski definition) is 1. The van der Waals surface area contributed by atoms with Crippen molar-refractivity contribution in [2.24, 2.45) is 7.05 Å². The van der Waals surface area contributed by atoms with Gasteiger partial charge in [-0.15, -0.1) is 0 Å². The summed E-state index contributed by atoms with van der Waals surface area (Å²) in [4.78, 5) is 24.4. The number of carbonyl (C=O) groups is 1. The van der Waals surface area contributed by atoms with E-state index in [2.05, 4.69) is 10.3 Å². The molecule has 1 amide bonds. The summed E-state index contributed by atoms with van der Waals surface area (Å²) in [6, 6.07) is 16.1. The van der Waals surface area contributed by atoms with Gasteiger partial charge >= 0.3 is 0 Å². The summed E-state index contributed by atoms with van der Waals surface area (Å²) in [5, 5.41) is 3.26. The van der Waals surface area contributed by atoms with Crippen LogP contribution in [0.5, 0.6) is 0 Å². The first-order valence-corrected chi connectivity index (χ1v) is 11.1. The maximum Gasteiger partial charge on any atom is 0.253 e. The number of aromatic nitrogens is 3. The van der Waals surface area contributed by atoms with E-state index >= 15 is 0 Å². The molecular formula is C26H26FN5O. The van der Waals surface area contributed by atoms with Gasteiger partial charge in [-0.25, -0.2) is 9.37 Å². The van der Waals surface area contributed by atoms with Crippen molar-refractivity contribution in [1.29, 1.82) is 0 Å². The third-order valence-corrected chi connectivity index (χ3v) is 6.33. The fourth-order valence-corrected chi connectivity index (χ4v) is 4.53. The van der Waals surface area contributed by atoms with Gasteiger partial charge in [0, 0.05) is 54.4 Å². The molecule has 1 atom stereocenters. The molecule has 1 aliphatic heterocycles. The van der Waals surface area contributed by atoms with Crippen LogP contribution in [0, 0.1) is 19.7 Å². The van der Waals surface area contributed by atoms with Crippen molar-refractivity contribution in [2.45, 2.75) is 26.2 Å². The zero-order valence-electron chi connectivity index (χ0n) is 19.0. The summed E-state index contributed by atoms with van der Waals surface area (Å²) < 4.78 is 15.6. The Hall–Kier alpha value is -3.74. The fraction of sp³-hybridized carbons (Fsp3) is 0.269. The first-order valence-electron chi connectivity index (χ1n) is 11.1. The number of aryl methyl sites for hydroxylation is 3. The highest BCUT2D eigenvalue weighted by atomic mass is 19.1. The number of hydrogen-bond acceptors (Lipinski definition) is 4. The van der Waals surface area contributed by atoms with Gasteiger partial charge in [-0.3, -0.25) is 9.78 Å². The van der Waals surface area contributed by atoms with Gasteiger partial charge in [0.25, 0.3) is 5.91 Å². The first-order chi connectivity index (χ1) is 15.9. The van der Waals surface area contributed by atoms with Crippen LogP contribution < -0.4 is 5.32 Å². The quantitative estimate of drug-likeness (QED) is 0.477. The number of carbonyl (C=O) groups excluding carboxylic acids is 1. The molecule has 0 saturated carbocycles. The van der Waals surface area contributed by atoms with Crippen LogP contribution in [0.2, 0.25) is 0 Å². The van der Waals surface area contributed by atoms with Crippen molar-refractivity contribution in [1.82, 2.24) is 19.4 Å². The van der Waals surface area contributed by atoms with Gasteiger partial charge in [0.05, 0.1) is 11.0 Å². The summed E-state index contributed by atoms with van der Waals surface area (Å²) in [7, 11) is 1.98.